The zero-order valence-corrected chi connectivity index (χ0v) is 19.0. The minimum Gasteiger partial charge on any atom is -0.337 e. The third-order valence-corrected chi connectivity index (χ3v) is 8.34. The number of rotatable bonds is 4. The molecule has 5 rings (SSSR count). The SMILES string of the molecule is O=C(/C=C/c1c(Cl)nc2ccccn12)N1CCN(S(=O)(=O)c2ccc3c(c2)CCC3)CC1. The molecule has 1 amide bonds. The highest BCUT2D eigenvalue weighted by Gasteiger charge is 2.30. The lowest BCUT2D eigenvalue weighted by Crippen LogP contribution is -2.50. The normalized spacial score (nSPS) is 17.3. The average Bonchev–Trinajstić information content (AvgIpc) is 3.40. The smallest absolute Gasteiger partial charge is 0.246 e. The molecule has 0 saturated carbocycles. The summed E-state index contributed by atoms with van der Waals surface area (Å²) in [6, 6.07) is 11.0. The Morgan fingerprint density at radius 3 is 2.62 bits per heavy atom. The van der Waals surface area contributed by atoms with Gasteiger partial charge in [-0.25, -0.2) is 13.4 Å². The molecule has 0 radical (unpaired) electrons. The van der Waals surface area contributed by atoms with Gasteiger partial charge in [-0.15, -0.1) is 0 Å². The Kier molecular flexibility index (Phi) is 5.53. The topological polar surface area (TPSA) is 75.0 Å². The number of fused-ring (bicyclic) bond motifs is 2. The van der Waals surface area contributed by atoms with Gasteiger partial charge in [-0.05, 0) is 60.7 Å². The first kappa shape index (κ1) is 21.2. The maximum absolute atomic E-state index is 13.1. The number of sulfonamides is 1. The van der Waals surface area contributed by atoms with Gasteiger partial charge < -0.3 is 4.90 Å². The summed E-state index contributed by atoms with van der Waals surface area (Å²) in [6.45, 7) is 1.23. The van der Waals surface area contributed by atoms with Crippen molar-refractivity contribution in [3.8, 4) is 0 Å². The van der Waals surface area contributed by atoms with Crippen molar-refractivity contribution < 1.29 is 13.2 Å². The molecule has 2 aromatic heterocycles. The summed E-state index contributed by atoms with van der Waals surface area (Å²) in [4.78, 5) is 19.0. The molecule has 9 heteroatoms. The number of carbonyl (C=O) groups is 1. The fourth-order valence-electron chi connectivity index (χ4n) is 4.40. The van der Waals surface area contributed by atoms with Crippen molar-refractivity contribution in [1.29, 1.82) is 0 Å². The van der Waals surface area contributed by atoms with E-state index in [0.717, 1.165) is 24.8 Å². The van der Waals surface area contributed by atoms with Crippen LogP contribution in [0.2, 0.25) is 5.15 Å². The number of aromatic nitrogens is 2. The Hall–Kier alpha value is -2.68. The van der Waals surface area contributed by atoms with Crippen LogP contribution in [0.1, 0.15) is 23.2 Å². The lowest BCUT2D eigenvalue weighted by Gasteiger charge is -2.33. The highest BCUT2D eigenvalue weighted by atomic mass is 35.5. The second kappa shape index (κ2) is 8.35. The number of piperazine rings is 1. The predicted octanol–water partition coefficient (Wildman–Crippen LogP) is 3.02. The van der Waals surface area contributed by atoms with E-state index >= 15 is 0 Å². The summed E-state index contributed by atoms with van der Waals surface area (Å²) in [5.41, 5.74) is 3.72. The van der Waals surface area contributed by atoms with Crippen molar-refractivity contribution in [2.45, 2.75) is 24.2 Å². The molecule has 0 N–H and O–H groups in total. The van der Waals surface area contributed by atoms with Crippen molar-refractivity contribution in [1.82, 2.24) is 18.6 Å². The molecule has 0 bridgehead atoms. The molecule has 0 unspecified atom stereocenters. The highest BCUT2D eigenvalue weighted by Crippen LogP contribution is 2.27. The largest absolute Gasteiger partial charge is 0.337 e. The minimum absolute atomic E-state index is 0.179. The number of aryl methyl sites for hydroxylation is 2. The Balaban J connectivity index is 1.25. The number of hydrogen-bond donors (Lipinski definition) is 0. The van der Waals surface area contributed by atoms with Crippen molar-refractivity contribution in [3.63, 3.8) is 0 Å². The van der Waals surface area contributed by atoms with Crippen LogP contribution in [0.15, 0.2) is 53.6 Å². The van der Waals surface area contributed by atoms with Gasteiger partial charge in [0.1, 0.15) is 5.65 Å². The molecule has 0 spiro atoms. The molecule has 1 aliphatic carbocycles. The van der Waals surface area contributed by atoms with Crippen LogP contribution in [-0.2, 0) is 27.7 Å². The van der Waals surface area contributed by atoms with Crippen molar-refractivity contribution in [3.05, 3.63) is 70.6 Å². The van der Waals surface area contributed by atoms with E-state index in [2.05, 4.69) is 4.98 Å². The second-order valence-corrected chi connectivity index (χ2v) is 10.4. The van der Waals surface area contributed by atoms with E-state index in [1.807, 2.05) is 40.9 Å². The molecule has 3 aromatic rings. The number of nitrogens with zero attached hydrogens (tertiary/aromatic N) is 4. The summed E-state index contributed by atoms with van der Waals surface area (Å²) in [5, 5.41) is 0.325. The summed E-state index contributed by atoms with van der Waals surface area (Å²) in [5.74, 6) is -0.179. The zero-order chi connectivity index (χ0) is 22.3. The second-order valence-electron chi connectivity index (χ2n) is 8.06. The predicted molar refractivity (Wildman–Crippen MR) is 123 cm³/mol. The van der Waals surface area contributed by atoms with Crippen LogP contribution in [0, 0.1) is 0 Å². The van der Waals surface area contributed by atoms with Gasteiger partial charge in [0.2, 0.25) is 15.9 Å². The maximum atomic E-state index is 13.1. The summed E-state index contributed by atoms with van der Waals surface area (Å²) < 4.78 is 29.5. The number of imidazole rings is 1. The first-order valence-electron chi connectivity index (χ1n) is 10.6. The molecule has 166 valence electrons. The Bertz CT molecular complexity index is 1320. The number of amides is 1. The fraction of sp³-hybridized carbons (Fsp3) is 0.304. The first-order valence-corrected chi connectivity index (χ1v) is 12.5. The molecule has 1 saturated heterocycles. The molecule has 0 atom stereocenters. The molecule has 1 aromatic carbocycles. The lowest BCUT2D eigenvalue weighted by molar-refractivity contribution is -0.127. The highest BCUT2D eigenvalue weighted by molar-refractivity contribution is 7.89. The van der Waals surface area contributed by atoms with Crippen LogP contribution in [0.4, 0.5) is 0 Å². The van der Waals surface area contributed by atoms with Crippen LogP contribution < -0.4 is 0 Å². The van der Waals surface area contributed by atoms with E-state index in [1.54, 1.807) is 17.0 Å². The van der Waals surface area contributed by atoms with Gasteiger partial charge in [-0.3, -0.25) is 9.20 Å². The molecule has 7 nitrogen and oxygen atoms in total. The number of hydrogen-bond acceptors (Lipinski definition) is 4. The quantitative estimate of drug-likeness (QED) is 0.549. The lowest BCUT2D eigenvalue weighted by atomic mass is 10.1. The molecule has 1 fully saturated rings. The standard InChI is InChI=1S/C23H23ClN4O3S/c24-23-20(28-11-2-1-6-21(28)25-23)9-10-22(29)26-12-14-27(15-13-26)32(30,31)19-8-7-17-4-3-5-18(17)16-19/h1-2,6-11,16H,3-5,12-15H2/b10-9+. The van der Waals surface area contributed by atoms with E-state index in [1.165, 1.54) is 15.9 Å². The van der Waals surface area contributed by atoms with Crippen LogP contribution in [0.3, 0.4) is 0 Å². The monoisotopic (exact) mass is 470 g/mol. The summed E-state index contributed by atoms with van der Waals surface area (Å²) >= 11 is 6.22. The number of halogens is 1. The van der Waals surface area contributed by atoms with Gasteiger partial charge in [0.05, 0.1) is 10.6 Å². The van der Waals surface area contributed by atoms with E-state index < -0.39 is 10.0 Å². The summed E-state index contributed by atoms with van der Waals surface area (Å²) in [7, 11) is -3.56. The summed E-state index contributed by atoms with van der Waals surface area (Å²) in [6.07, 6.45) is 7.98. The maximum Gasteiger partial charge on any atom is 0.246 e. The van der Waals surface area contributed by atoms with Gasteiger partial charge >= 0.3 is 0 Å². The van der Waals surface area contributed by atoms with Gasteiger partial charge in [-0.1, -0.05) is 23.7 Å². The number of carbonyl (C=O) groups excluding carboxylic acids is 1. The van der Waals surface area contributed by atoms with Crippen LogP contribution >= 0.6 is 11.6 Å². The van der Waals surface area contributed by atoms with E-state index in [-0.39, 0.29) is 19.0 Å². The van der Waals surface area contributed by atoms with Gasteiger partial charge in [0.25, 0.3) is 0 Å². The van der Waals surface area contributed by atoms with Gasteiger partial charge in [0, 0.05) is 38.5 Å². The van der Waals surface area contributed by atoms with Gasteiger partial charge in [-0.2, -0.15) is 4.31 Å². The third-order valence-electron chi connectivity index (χ3n) is 6.16. The molecule has 3 heterocycles. The van der Waals surface area contributed by atoms with E-state index in [0.29, 0.717) is 34.5 Å². The van der Waals surface area contributed by atoms with E-state index in [4.69, 9.17) is 11.6 Å². The minimum atomic E-state index is -3.56. The van der Waals surface area contributed by atoms with Crippen molar-refractivity contribution in [2.24, 2.45) is 0 Å². The van der Waals surface area contributed by atoms with Crippen molar-refractivity contribution >= 4 is 39.3 Å². The Morgan fingerprint density at radius 1 is 1.03 bits per heavy atom. The number of pyridine rings is 1. The zero-order valence-electron chi connectivity index (χ0n) is 17.4. The molecular formula is C23H23ClN4O3S. The average molecular weight is 471 g/mol. The molecule has 1 aliphatic heterocycles. The van der Waals surface area contributed by atoms with E-state index in [9.17, 15) is 13.2 Å². The van der Waals surface area contributed by atoms with Crippen LogP contribution in [0.25, 0.3) is 11.7 Å². The Morgan fingerprint density at radius 2 is 1.81 bits per heavy atom. The fourth-order valence-corrected chi connectivity index (χ4v) is 6.11. The molecule has 32 heavy (non-hydrogen) atoms. The molecular weight excluding hydrogens is 448 g/mol. The van der Waals surface area contributed by atoms with Gasteiger partial charge in [0.15, 0.2) is 5.15 Å². The third kappa shape index (κ3) is 3.83. The first-order chi connectivity index (χ1) is 15.4. The molecule has 2 aliphatic rings. The number of benzene rings is 1. The van der Waals surface area contributed by atoms with Crippen molar-refractivity contribution in [2.75, 3.05) is 26.2 Å². The van der Waals surface area contributed by atoms with Crippen LogP contribution in [-0.4, -0.2) is 59.1 Å². The van der Waals surface area contributed by atoms with Crippen LogP contribution in [0.5, 0.6) is 0 Å². The Labute approximate surface area is 192 Å².